The third kappa shape index (κ3) is 2.47. The molecule has 1 aliphatic rings. The molecule has 1 amide bonds. The number of nitrogens with zero attached hydrogens (tertiary/aromatic N) is 2. The fourth-order valence-corrected chi connectivity index (χ4v) is 2.25. The molecular weight excluding hydrogens is 270 g/mol. The van der Waals surface area contributed by atoms with Gasteiger partial charge in [-0.1, -0.05) is 12.1 Å². The second kappa shape index (κ2) is 4.97. The summed E-state index contributed by atoms with van der Waals surface area (Å²) >= 11 is 0. The van der Waals surface area contributed by atoms with Gasteiger partial charge >= 0.3 is 5.97 Å². The van der Waals surface area contributed by atoms with Crippen molar-refractivity contribution in [3.63, 3.8) is 0 Å². The molecule has 1 aromatic heterocycles. The zero-order valence-electron chi connectivity index (χ0n) is 11.1. The minimum Gasteiger partial charge on any atom is -0.481 e. The lowest BCUT2D eigenvalue weighted by Crippen LogP contribution is -2.19. The first kappa shape index (κ1) is 13.2. The highest BCUT2D eigenvalue weighted by Crippen LogP contribution is 2.48. The van der Waals surface area contributed by atoms with Crippen molar-refractivity contribution in [3.05, 3.63) is 53.9 Å². The van der Waals surface area contributed by atoms with Crippen LogP contribution in [-0.2, 0) is 10.2 Å². The average molecular weight is 283 g/mol. The lowest BCUT2D eigenvalue weighted by atomic mass is 9.96. The van der Waals surface area contributed by atoms with Gasteiger partial charge in [0.2, 0.25) is 0 Å². The molecule has 21 heavy (non-hydrogen) atoms. The number of carbonyl (C=O) groups excluding carboxylic acids is 1. The zero-order valence-corrected chi connectivity index (χ0v) is 11.1. The summed E-state index contributed by atoms with van der Waals surface area (Å²) in [5, 5.41) is 19.2. The van der Waals surface area contributed by atoms with Crippen molar-refractivity contribution in [1.82, 2.24) is 10.2 Å². The largest absolute Gasteiger partial charge is 0.481 e. The van der Waals surface area contributed by atoms with Crippen LogP contribution in [-0.4, -0.2) is 27.2 Å². The van der Waals surface area contributed by atoms with E-state index in [-0.39, 0.29) is 5.91 Å². The van der Waals surface area contributed by atoms with Crippen LogP contribution in [0.4, 0.5) is 5.69 Å². The van der Waals surface area contributed by atoms with Gasteiger partial charge in [-0.2, -0.15) is 10.2 Å². The number of hydrogen-bond acceptors (Lipinski definition) is 4. The summed E-state index contributed by atoms with van der Waals surface area (Å²) in [6, 6.07) is 8.50. The average Bonchev–Trinajstić information content (AvgIpc) is 3.31. The molecule has 0 unspecified atom stereocenters. The molecule has 1 saturated carbocycles. The third-order valence-corrected chi connectivity index (χ3v) is 3.70. The van der Waals surface area contributed by atoms with Gasteiger partial charge in [0.1, 0.15) is 0 Å². The van der Waals surface area contributed by atoms with Crippen LogP contribution >= 0.6 is 0 Å². The number of carboxylic acids is 1. The van der Waals surface area contributed by atoms with E-state index < -0.39 is 11.4 Å². The Morgan fingerprint density at radius 3 is 2.33 bits per heavy atom. The summed E-state index contributed by atoms with van der Waals surface area (Å²) < 4.78 is 0. The molecule has 1 heterocycles. The molecule has 1 fully saturated rings. The fraction of sp³-hybridized carbons (Fsp3) is 0.200. The number of amides is 1. The summed E-state index contributed by atoms with van der Waals surface area (Å²) in [6.45, 7) is 0. The molecule has 2 aromatic rings. The zero-order chi connectivity index (χ0) is 14.9. The monoisotopic (exact) mass is 283 g/mol. The number of nitrogens with one attached hydrogen (secondary N) is 1. The maximum Gasteiger partial charge on any atom is 0.314 e. The van der Waals surface area contributed by atoms with E-state index in [0.717, 1.165) is 5.56 Å². The van der Waals surface area contributed by atoms with Gasteiger partial charge in [0.05, 0.1) is 23.4 Å². The Kier molecular flexibility index (Phi) is 3.13. The lowest BCUT2D eigenvalue weighted by molar-refractivity contribution is -0.140. The maximum absolute atomic E-state index is 11.9. The van der Waals surface area contributed by atoms with Gasteiger partial charge < -0.3 is 10.4 Å². The Morgan fingerprint density at radius 1 is 1.10 bits per heavy atom. The lowest BCUT2D eigenvalue weighted by Gasteiger charge is -2.11. The maximum atomic E-state index is 11.9. The highest BCUT2D eigenvalue weighted by atomic mass is 16.4. The van der Waals surface area contributed by atoms with Crippen molar-refractivity contribution in [1.29, 1.82) is 0 Å². The van der Waals surface area contributed by atoms with Crippen LogP contribution in [0.3, 0.4) is 0 Å². The van der Waals surface area contributed by atoms with Gasteiger partial charge in [0, 0.05) is 5.69 Å². The Labute approximate surface area is 120 Å². The van der Waals surface area contributed by atoms with Gasteiger partial charge in [-0.15, -0.1) is 0 Å². The van der Waals surface area contributed by atoms with Gasteiger partial charge in [-0.05, 0) is 36.6 Å². The molecule has 106 valence electrons. The van der Waals surface area contributed by atoms with E-state index in [9.17, 15) is 14.7 Å². The number of carbonyl (C=O) groups is 2. The normalized spacial score (nSPS) is 15.2. The Morgan fingerprint density at radius 2 is 1.81 bits per heavy atom. The first-order valence-electron chi connectivity index (χ1n) is 6.54. The quantitative estimate of drug-likeness (QED) is 0.893. The molecule has 2 N–H and O–H groups in total. The third-order valence-electron chi connectivity index (χ3n) is 3.70. The summed E-state index contributed by atoms with van der Waals surface area (Å²) in [6.07, 6.45) is 4.16. The minimum atomic E-state index is -0.790. The smallest absolute Gasteiger partial charge is 0.314 e. The molecule has 0 bridgehead atoms. The van der Waals surface area contributed by atoms with E-state index >= 15 is 0 Å². The van der Waals surface area contributed by atoms with Crippen LogP contribution in [0, 0.1) is 0 Å². The number of anilines is 1. The molecule has 0 atom stereocenters. The van der Waals surface area contributed by atoms with E-state index in [1.54, 1.807) is 30.3 Å². The van der Waals surface area contributed by atoms with E-state index in [2.05, 4.69) is 15.5 Å². The number of aliphatic carboxylic acids is 1. The van der Waals surface area contributed by atoms with Crippen LogP contribution in [0.5, 0.6) is 0 Å². The van der Waals surface area contributed by atoms with Crippen molar-refractivity contribution in [2.24, 2.45) is 0 Å². The fourth-order valence-electron chi connectivity index (χ4n) is 2.25. The molecule has 0 spiro atoms. The minimum absolute atomic E-state index is 0.281. The molecule has 6 nitrogen and oxygen atoms in total. The van der Waals surface area contributed by atoms with Gasteiger partial charge in [0.15, 0.2) is 0 Å². The number of aromatic nitrogens is 2. The molecule has 6 heteroatoms. The van der Waals surface area contributed by atoms with Crippen LogP contribution in [0.2, 0.25) is 0 Å². The first-order chi connectivity index (χ1) is 10.1. The summed E-state index contributed by atoms with van der Waals surface area (Å²) in [4.78, 5) is 23.2. The summed E-state index contributed by atoms with van der Waals surface area (Å²) in [5.74, 6) is -1.07. The van der Waals surface area contributed by atoms with Crippen molar-refractivity contribution in [3.8, 4) is 0 Å². The predicted molar refractivity (Wildman–Crippen MR) is 75.0 cm³/mol. The van der Waals surface area contributed by atoms with Gasteiger partial charge in [-0.25, -0.2) is 0 Å². The molecule has 3 rings (SSSR count). The van der Waals surface area contributed by atoms with Crippen molar-refractivity contribution in [2.45, 2.75) is 18.3 Å². The molecular formula is C15H13N3O3. The molecule has 0 aliphatic heterocycles. The summed E-state index contributed by atoms with van der Waals surface area (Å²) in [5.41, 5.74) is 1.08. The topological polar surface area (TPSA) is 92.2 Å². The highest BCUT2D eigenvalue weighted by molar-refractivity contribution is 6.04. The predicted octanol–water partition coefficient (Wildman–Crippen LogP) is 1.85. The molecule has 1 aliphatic carbocycles. The summed E-state index contributed by atoms with van der Waals surface area (Å²) in [7, 11) is 0. The molecule has 1 aromatic carbocycles. The van der Waals surface area contributed by atoms with E-state index in [1.165, 1.54) is 12.4 Å². The Hall–Kier alpha value is -2.76. The van der Waals surface area contributed by atoms with Crippen molar-refractivity contribution < 1.29 is 14.7 Å². The SMILES string of the molecule is O=C(Nc1ccc(C2(C(=O)O)CC2)cc1)c1ccnnc1. The highest BCUT2D eigenvalue weighted by Gasteiger charge is 2.51. The first-order valence-corrected chi connectivity index (χ1v) is 6.54. The van der Waals surface area contributed by atoms with Crippen LogP contribution in [0.25, 0.3) is 0 Å². The number of rotatable bonds is 4. The number of benzene rings is 1. The van der Waals surface area contributed by atoms with E-state index in [4.69, 9.17) is 0 Å². The van der Waals surface area contributed by atoms with E-state index in [0.29, 0.717) is 24.1 Å². The number of hydrogen-bond donors (Lipinski definition) is 2. The second-order valence-electron chi connectivity index (χ2n) is 5.05. The number of carboxylic acid groups (broad SMARTS) is 1. The molecule has 0 saturated heterocycles. The van der Waals surface area contributed by atoms with Crippen molar-refractivity contribution in [2.75, 3.05) is 5.32 Å². The van der Waals surface area contributed by atoms with Crippen LogP contribution in [0.1, 0.15) is 28.8 Å². The standard InChI is InChI=1S/C15H13N3O3/c19-13(10-5-8-16-17-9-10)18-12-3-1-11(2-4-12)15(6-7-15)14(20)21/h1-5,8-9H,6-7H2,(H,18,19)(H,20,21). The van der Waals surface area contributed by atoms with Crippen LogP contribution < -0.4 is 5.32 Å². The van der Waals surface area contributed by atoms with Crippen molar-refractivity contribution >= 4 is 17.6 Å². The molecule has 0 radical (unpaired) electrons. The van der Waals surface area contributed by atoms with Crippen LogP contribution in [0.15, 0.2) is 42.7 Å². The van der Waals surface area contributed by atoms with E-state index in [1.807, 2.05) is 0 Å². The van der Waals surface area contributed by atoms with Gasteiger partial charge in [0.25, 0.3) is 5.91 Å². The Balaban J connectivity index is 1.74. The van der Waals surface area contributed by atoms with Gasteiger partial charge in [-0.3, -0.25) is 9.59 Å². The second-order valence-corrected chi connectivity index (χ2v) is 5.05. The Bertz CT molecular complexity index is 679.